The number of ether oxygens (including phenoxy) is 1. The molecule has 1 unspecified atom stereocenters. The minimum absolute atomic E-state index is 0.193. The SMILES string of the molecule is Cc1cn(CC2(OC[PH](=O)O)CC2)c(=O)[nH]c1=O. The Labute approximate surface area is 103 Å². The molecule has 0 bridgehead atoms. The van der Waals surface area contributed by atoms with Crippen molar-refractivity contribution in [3.8, 4) is 0 Å². The minimum Gasteiger partial charge on any atom is -0.363 e. The molecule has 0 radical (unpaired) electrons. The first-order chi connectivity index (χ1) is 8.42. The quantitative estimate of drug-likeness (QED) is 0.725. The number of hydrogen-bond acceptors (Lipinski definition) is 4. The molecule has 1 aliphatic rings. The first-order valence-electron chi connectivity index (χ1n) is 5.58. The van der Waals surface area contributed by atoms with E-state index in [-0.39, 0.29) is 6.35 Å². The third-order valence-corrected chi connectivity index (χ3v) is 3.35. The van der Waals surface area contributed by atoms with E-state index in [1.54, 1.807) is 6.92 Å². The Bertz CT molecular complexity index is 587. The molecule has 8 heteroatoms. The highest BCUT2D eigenvalue weighted by Gasteiger charge is 2.44. The molecule has 100 valence electrons. The van der Waals surface area contributed by atoms with E-state index in [9.17, 15) is 14.2 Å². The predicted molar refractivity (Wildman–Crippen MR) is 65.2 cm³/mol. The Morgan fingerprint density at radius 2 is 2.22 bits per heavy atom. The number of H-pyrrole nitrogens is 1. The fraction of sp³-hybridized carbons (Fsp3) is 0.600. The van der Waals surface area contributed by atoms with Crippen molar-refractivity contribution in [2.75, 3.05) is 6.35 Å². The van der Waals surface area contributed by atoms with Gasteiger partial charge in [-0.1, -0.05) is 0 Å². The molecular weight excluding hydrogens is 259 g/mol. The lowest BCUT2D eigenvalue weighted by Crippen LogP contribution is -2.35. The van der Waals surface area contributed by atoms with Gasteiger partial charge in [0.15, 0.2) is 0 Å². The van der Waals surface area contributed by atoms with Crippen LogP contribution in [0.25, 0.3) is 0 Å². The summed E-state index contributed by atoms with van der Waals surface area (Å²) in [5.41, 5.74) is -0.974. The monoisotopic (exact) mass is 274 g/mol. The van der Waals surface area contributed by atoms with Gasteiger partial charge in [-0.2, -0.15) is 0 Å². The Morgan fingerprint density at radius 3 is 2.78 bits per heavy atom. The minimum atomic E-state index is -2.66. The zero-order chi connectivity index (χ0) is 13.3. The zero-order valence-corrected chi connectivity index (χ0v) is 10.9. The molecule has 1 atom stereocenters. The summed E-state index contributed by atoms with van der Waals surface area (Å²) in [5.74, 6) is 0. The van der Waals surface area contributed by atoms with Gasteiger partial charge < -0.3 is 9.63 Å². The van der Waals surface area contributed by atoms with Gasteiger partial charge >= 0.3 is 5.69 Å². The van der Waals surface area contributed by atoms with Crippen LogP contribution in [0.3, 0.4) is 0 Å². The first-order valence-corrected chi connectivity index (χ1v) is 7.14. The summed E-state index contributed by atoms with van der Waals surface area (Å²) in [6, 6.07) is 0. The van der Waals surface area contributed by atoms with E-state index < -0.39 is 24.9 Å². The normalized spacial score (nSPS) is 18.6. The molecule has 7 nitrogen and oxygen atoms in total. The van der Waals surface area contributed by atoms with Crippen LogP contribution < -0.4 is 11.2 Å². The van der Waals surface area contributed by atoms with Gasteiger partial charge in [-0.15, -0.1) is 0 Å². The highest BCUT2D eigenvalue weighted by atomic mass is 31.1. The van der Waals surface area contributed by atoms with E-state index in [1.807, 2.05) is 0 Å². The molecule has 0 aliphatic heterocycles. The summed E-state index contributed by atoms with van der Waals surface area (Å²) in [7, 11) is -2.66. The average Bonchev–Trinajstić information content (AvgIpc) is 3.04. The molecule has 0 aromatic carbocycles. The van der Waals surface area contributed by atoms with Gasteiger partial charge in [0.1, 0.15) is 6.35 Å². The number of rotatable bonds is 5. The van der Waals surface area contributed by atoms with Gasteiger partial charge in [0, 0.05) is 11.8 Å². The van der Waals surface area contributed by atoms with E-state index >= 15 is 0 Å². The molecule has 1 aromatic rings. The molecular formula is C10H15N2O5P. The van der Waals surface area contributed by atoms with Crippen molar-refractivity contribution < 1.29 is 14.2 Å². The lowest BCUT2D eigenvalue weighted by Gasteiger charge is -2.17. The van der Waals surface area contributed by atoms with E-state index in [2.05, 4.69) is 4.98 Å². The molecule has 1 saturated carbocycles. The fourth-order valence-corrected chi connectivity index (χ4v) is 2.18. The smallest absolute Gasteiger partial charge is 0.328 e. The van der Waals surface area contributed by atoms with Crippen molar-refractivity contribution in [2.24, 2.45) is 0 Å². The molecule has 2 N–H and O–H groups in total. The third kappa shape index (κ3) is 2.98. The Kier molecular flexibility index (Phi) is 3.56. The highest BCUT2D eigenvalue weighted by Crippen LogP contribution is 2.42. The van der Waals surface area contributed by atoms with E-state index in [0.717, 1.165) is 12.8 Å². The van der Waals surface area contributed by atoms with E-state index in [1.165, 1.54) is 10.8 Å². The molecule has 1 aliphatic carbocycles. The number of aryl methyl sites for hydroxylation is 1. The Hall–Kier alpha value is -1.17. The first kappa shape index (κ1) is 13.3. The number of aromatic nitrogens is 2. The topological polar surface area (TPSA) is 101 Å². The largest absolute Gasteiger partial charge is 0.363 e. The summed E-state index contributed by atoms with van der Waals surface area (Å²) in [6.45, 7) is 1.90. The molecule has 0 saturated heterocycles. The summed E-state index contributed by atoms with van der Waals surface area (Å²) in [5, 5.41) is 0. The molecule has 1 aromatic heterocycles. The van der Waals surface area contributed by atoms with Crippen LogP contribution in [0.2, 0.25) is 0 Å². The van der Waals surface area contributed by atoms with Crippen LogP contribution in [0.1, 0.15) is 18.4 Å². The van der Waals surface area contributed by atoms with Gasteiger partial charge in [-0.3, -0.25) is 18.9 Å². The maximum Gasteiger partial charge on any atom is 0.328 e. The van der Waals surface area contributed by atoms with Gasteiger partial charge in [-0.05, 0) is 19.8 Å². The molecule has 2 rings (SSSR count). The molecule has 0 amide bonds. The van der Waals surface area contributed by atoms with Crippen LogP contribution in [0, 0.1) is 6.92 Å². The van der Waals surface area contributed by atoms with Crippen LogP contribution in [0.15, 0.2) is 15.8 Å². The second-order valence-electron chi connectivity index (χ2n) is 4.56. The van der Waals surface area contributed by atoms with Gasteiger partial charge in [-0.25, -0.2) is 4.79 Å². The molecule has 1 fully saturated rings. The van der Waals surface area contributed by atoms with Crippen LogP contribution >= 0.6 is 8.03 Å². The van der Waals surface area contributed by atoms with Gasteiger partial charge in [0.2, 0.25) is 8.03 Å². The third-order valence-electron chi connectivity index (χ3n) is 2.96. The van der Waals surface area contributed by atoms with Crippen molar-refractivity contribution in [3.05, 3.63) is 32.6 Å². The maximum atomic E-state index is 11.6. The van der Waals surface area contributed by atoms with Crippen molar-refractivity contribution in [2.45, 2.75) is 31.9 Å². The zero-order valence-electron chi connectivity index (χ0n) is 9.93. The van der Waals surface area contributed by atoms with Gasteiger partial charge in [0.25, 0.3) is 5.56 Å². The van der Waals surface area contributed by atoms with Crippen LogP contribution in [-0.4, -0.2) is 26.4 Å². The van der Waals surface area contributed by atoms with Crippen LogP contribution in [-0.2, 0) is 15.8 Å². The van der Waals surface area contributed by atoms with E-state index in [4.69, 9.17) is 9.63 Å². The summed E-state index contributed by atoms with van der Waals surface area (Å²) in [4.78, 5) is 33.8. The van der Waals surface area contributed by atoms with E-state index in [0.29, 0.717) is 12.1 Å². The average molecular weight is 274 g/mol. The summed E-state index contributed by atoms with van der Waals surface area (Å²) < 4.78 is 17.4. The van der Waals surface area contributed by atoms with Crippen LogP contribution in [0.5, 0.6) is 0 Å². The number of nitrogens with one attached hydrogen (secondary N) is 1. The van der Waals surface area contributed by atoms with Crippen molar-refractivity contribution in [1.29, 1.82) is 0 Å². The molecule has 1 heterocycles. The second-order valence-corrected chi connectivity index (χ2v) is 5.64. The number of hydrogen-bond donors (Lipinski definition) is 2. The summed E-state index contributed by atoms with van der Waals surface area (Å²) in [6.07, 6.45) is 2.77. The number of aromatic amines is 1. The maximum absolute atomic E-state index is 11.6. The second kappa shape index (κ2) is 4.84. The van der Waals surface area contributed by atoms with Crippen molar-refractivity contribution in [3.63, 3.8) is 0 Å². The Morgan fingerprint density at radius 1 is 1.56 bits per heavy atom. The van der Waals surface area contributed by atoms with Crippen LogP contribution in [0.4, 0.5) is 0 Å². The Balaban J connectivity index is 2.15. The highest BCUT2D eigenvalue weighted by molar-refractivity contribution is 7.37. The van der Waals surface area contributed by atoms with Crippen molar-refractivity contribution >= 4 is 8.03 Å². The summed E-state index contributed by atoms with van der Waals surface area (Å²) >= 11 is 0. The van der Waals surface area contributed by atoms with Crippen molar-refractivity contribution in [1.82, 2.24) is 9.55 Å². The fourth-order valence-electron chi connectivity index (χ4n) is 1.75. The number of nitrogens with zero attached hydrogens (tertiary/aromatic N) is 1. The predicted octanol–water partition coefficient (Wildman–Crippen LogP) is -0.181. The lowest BCUT2D eigenvalue weighted by molar-refractivity contribution is 0.0467. The molecule has 18 heavy (non-hydrogen) atoms. The lowest BCUT2D eigenvalue weighted by atomic mass is 10.3. The standard InChI is InChI=1S/C10H15N2O5P/c1-7-4-12(9(14)11-8(7)13)5-10(2-3-10)17-6-18(15)16/h4,18H,2-3,5-6H2,1H3,(H,15,16)(H,11,13,14). The van der Waals surface area contributed by atoms with Gasteiger partial charge in [0.05, 0.1) is 12.1 Å². The molecule has 0 spiro atoms.